The molecule has 1 saturated carbocycles. The van der Waals surface area contributed by atoms with Gasteiger partial charge in [0.25, 0.3) is 5.91 Å². The molecule has 4 heteroatoms. The van der Waals surface area contributed by atoms with Crippen LogP contribution < -0.4 is 15.8 Å². The molecule has 0 saturated heterocycles. The topological polar surface area (TPSA) is 64.3 Å². The van der Waals surface area contributed by atoms with Crippen LogP contribution in [-0.2, 0) is 4.79 Å². The van der Waals surface area contributed by atoms with E-state index in [1.165, 1.54) is 0 Å². The number of rotatable bonds is 4. The Bertz CT molecular complexity index is 383. The third-order valence-electron chi connectivity index (χ3n) is 2.69. The van der Waals surface area contributed by atoms with Crippen molar-refractivity contribution in [1.82, 2.24) is 5.32 Å². The van der Waals surface area contributed by atoms with Crippen molar-refractivity contribution < 1.29 is 9.53 Å². The van der Waals surface area contributed by atoms with Gasteiger partial charge >= 0.3 is 0 Å². The first-order valence-electron chi connectivity index (χ1n) is 5.37. The van der Waals surface area contributed by atoms with Gasteiger partial charge in [0.05, 0.1) is 0 Å². The average Bonchev–Trinajstić information content (AvgIpc) is 2.95. The number of carbonyl (C=O) groups excluding carboxylic acids is 1. The molecular weight excluding hydrogens is 204 g/mol. The lowest BCUT2D eigenvalue weighted by Gasteiger charge is -2.12. The van der Waals surface area contributed by atoms with Gasteiger partial charge < -0.3 is 15.8 Å². The lowest BCUT2D eigenvalue weighted by molar-refractivity contribution is -0.123. The summed E-state index contributed by atoms with van der Waals surface area (Å²) in [5.74, 6) is 0.585. The minimum absolute atomic E-state index is 0.0154. The van der Waals surface area contributed by atoms with E-state index in [1.807, 2.05) is 6.92 Å². The molecule has 0 aliphatic heterocycles. The van der Waals surface area contributed by atoms with Gasteiger partial charge in [0.15, 0.2) is 6.61 Å². The Balaban J connectivity index is 1.78. The Kier molecular flexibility index (Phi) is 2.73. The van der Waals surface area contributed by atoms with E-state index in [0.29, 0.717) is 11.4 Å². The monoisotopic (exact) mass is 220 g/mol. The molecular formula is C12H16N2O2. The fourth-order valence-electron chi connectivity index (χ4n) is 1.40. The first kappa shape index (κ1) is 10.8. The first-order valence-corrected chi connectivity index (χ1v) is 5.37. The van der Waals surface area contributed by atoms with Crippen LogP contribution in [0.2, 0.25) is 0 Å². The Morgan fingerprint density at radius 1 is 1.44 bits per heavy atom. The highest BCUT2D eigenvalue weighted by Gasteiger charge is 2.38. The second kappa shape index (κ2) is 4.04. The fourth-order valence-corrected chi connectivity index (χ4v) is 1.40. The maximum Gasteiger partial charge on any atom is 0.258 e. The van der Waals surface area contributed by atoms with E-state index in [4.69, 9.17) is 10.5 Å². The largest absolute Gasteiger partial charge is 0.484 e. The molecule has 0 radical (unpaired) electrons. The number of anilines is 1. The first-order chi connectivity index (χ1) is 7.57. The number of carbonyl (C=O) groups is 1. The van der Waals surface area contributed by atoms with Crippen LogP contribution in [0.25, 0.3) is 0 Å². The van der Waals surface area contributed by atoms with Gasteiger partial charge in [-0.1, -0.05) is 0 Å². The molecule has 2 rings (SSSR count). The van der Waals surface area contributed by atoms with Gasteiger partial charge in [-0.3, -0.25) is 4.79 Å². The average molecular weight is 220 g/mol. The highest BCUT2D eigenvalue weighted by atomic mass is 16.5. The Hall–Kier alpha value is -1.71. The zero-order valence-corrected chi connectivity index (χ0v) is 9.32. The van der Waals surface area contributed by atoms with Crippen molar-refractivity contribution in [3.8, 4) is 5.75 Å². The molecule has 0 spiro atoms. The minimum Gasteiger partial charge on any atom is -0.484 e. The normalized spacial score (nSPS) is 16.6. The van der Waals surface area contributed by atoms with E-state index in [2.05, 4.69) is 5.32 Å². The standard InChI is InChI=1S/C12H16N2O2/c1-12(6-7-12)14-11(15)8-16-10-4-2-9(13)3-5-10/h2-5H,6-8,13H2,1H3,(H,14,15). The molecule has 0 bridgehead atoms. The molecule has 0 unspecified atom stereocenters. The highest BCUT2D eigenvalue weighted by molar-refractivity contribution is 5.78. The Labute approximate surface area is 94.8 Å². The molecule has 4 nitrogen and oxygen atoms in total. The number of amides is 1. The summed E-state index contributed by atoms with van der Waals surface area (Å²) in [4.78, 5) is 11.5. The SMILES string of the molecule is CC1(NC(=O)COc2ccc(N)cc2)CC1. The maximum absolute atomic E-state index is 11.5. The van der Waals surface area contributed by atoms with Crippen LogP contribution in [0.5, 0.6) is 5.75 Å². The van der Waals surface area contributed by atoms with E-state index >= 15 is 0 Å². The summed E-state index contributed by atoms with van der Waals surface area (Å²) in [6, 6.07) is 6.99. The summed E-state index contributed by atoms with van der Waals surface area (Å²) in [7, 11) is 0. The van der Waals surface area contributed by atoms with Crippen molar-refractivity contribution in [3.63, 3.8) is 0 Å². The smallest absolute Gasteiger partial charge is 0.258 e. The van der Waals surface area contributed by atoms with Crippen LogP contribution >= 0.6 is 0 Å². The Morgan fingerprint density at radius 3 is 2.62 bits per heavy atom. The quantitative estimate of drug-likeness (QED) is 0.752. The number of hydrogen-bond donors (Lipinski definition) is 2. The maximum atomic E-state index is 11.5. The molecule has 1 fully saturated rings. The molecule has 1 aromatic carbocycles. The predicted octanol–water partition coefficient (Wildman–Crippen LogP) is 1.32. The molecule has 16 heavy (non-hydrogen) atoms. The third kappa shape index (κ3) is 2.89. The number of nitrogen functional groups attached to an aromatic ring is 1. The van der Waals surface area contributed by atoms with E-state index in [1.54, 1.807) is 24.3 Å². The summed E-state index contributed by atoms with van der Waals surface area (Å²) >= 11 is 0. The lowest BCUT2D eigenvalue weighted by atomic mass is 10.3. The van der Waals surface area contributed by atoms with E-state index in [0.717, 1.165) is 12.8 Å². The molecule has 1 aromatic rings. The molecule has 86 valence electrons. The second-order valence-electron chi connectivity index (χ2n) is 4.47. The minimum atomic E-state index is -0.0724. The molecule has 3 N–H and O–H groups in total. The highest BCUT2D eigenvalue weighted by Crippen LogP contribution is 2.34. The zero-order chi connectivity index (χ0) is 11.6. The second-order valence-corrected chi connectivity index (χ2v) is 4.47. The number of hydrogen-bond acceptors (Lipinski definition) is 3. The third-order valence-corrected chi connectivity index (χ3v) is 2.69. The van der Waals surface area contributed by atoms with E-state index in [-0.39, 0.29) is 18.1 Å². The van der Waals surface area contributed by atoms with Crippen molar-refractivity contribution in [2.24, 2.45) is 0 Å². The van der Waals surface area contributed by atoms with Gasteiger partial charge in [0.2, 0.25) is 0 Å². The number of nitrogens with one attached hydrogen (secondary N) is 1. The summed E-state index contributed by atoms with van der Waals surface area (Å²) in [5.41, 5.74) is 6.24. The molecule has 1 aliphatic rings. The van der Waals surface area contributed by atoms with Crippen molar-refractivity contribution in [1.29, 1.82) is 0 Å². The Morgan fingerprint density at radius 2 is 2.06 bits per heavy atom. The molecule has 0 atom stereocenters. The lowest BCUT2D eigenvalue weighted by Crippen LogP contribution is -2.37. The van der Waals surface area contributed by atoms with Crippen molar-refractivity contribution in [2.45, 2.75) is 25.3 Å². The van der Waals surface area contributed by atoms with Crippen LogP contribution in [0.4, 0.5) is 5.69 Å². The summed E-state index contributed by atoms with van der Waals surface area (Å²) in [5, 5.41) is 2.92. The number of benzene rings is 1. The number of nitrogens with two attached hydrogens (primary N) is 1. The van der Waals surface area contributed by atoms with E-state index in [9.17, 15) is 4.79 Å². The van der Waals surface area contributed by atoms with Crippen molar-refractivity contribution in [3.05, 3.63) is 24.3 Å². The summed E-state index contributed by atoms with van der Waals surface area (Å²) in [6.07, 6.45) is 2.11. The molecule has 1 amide bonds. The molecule has 0 heterocycles. The summed E-state index contributed by atoms with van der Waals surface area (Å²) in [6.45, 7) is 2.09. The van der Waals surface area contributed by atoms with E-state index < -0.39 is 0 Å². The molecule has 1 aliphatic carbocycles. The molecule has 0 aromatic heterocycles. The van der Waals surface area contributed by atoms with Gasteiger partial charge in [0, 0.05) is 11.2 Å². The van der Waals surface area contributed by atoms with Gasteiger partial charge in [0.1, 0.15) is 5.75 Å². The van der Waals surface area contributed by atoms with Crippen molar-refractivity contribution >= 4 is 11.6 Å². The fraction of sp³-hybridized carbons (Fsp3) is 0.417. The van der Waals surface area contributed by atoms with Crippen LogP contribution in [0, 0.1) is 0 Å². The van der Waals surface area contributed by atoms with Gasteiger partial charge in [-0.15, -0.1) is 0 Å². The summed E-state index contributed by atoms with van der Waals surface area (Å²) < 4.78 is 5.33. The zero-order valence-electron chi connectivity index (χ0n) is 9.32. The van der Waals surface area contributed by atoms with Crippen LogP contribution in [-0.4, -0.2) is 18.1 Å². The van der Waals surface area contributed by atoms with Gasteiger partial charge in [-0.25, -0.2) is 0 Å². The number of ether oxygens (including phenoxy) is 1. The van der Waals surface area contributed by atoms with Crippen molar-refractivity contribution in [2.75, 3.05) is 12.3 Å². The van der Waals surface area contributed by atoms with Crippen LogP contribution in [0.15, 0.2) is 24.3 Å². The van der Waals surface area contributed by atoms with Gasteiger partial charge in [-0.2, -0.15) is 0 Å². The van der Waals surface area contributed by atoms with Gasteiger partial charge in [-0.05, 0) is 44.0 Å². The predicted molar refractivity (Wildman–Crippen MR) is 62.1 cm³/mol. The van der Waals surface area contributed by atoms with Crippen LogP contribution in [0.1, 0.15) is 19.8 Å². The van der Waals surface area contributed by atoms with Crippen LogP contribution in [0.3, 0.4) is 0 Å².